The molecule has 35 heavy (non-hydrogen) atoms. The number of carbonyl (C=O) groups excluding carboxylic acids is 1. The zero-order valence-electron chi connectivity index (χ0n) is 20.2. The molecule has 2 aliphatic rings. The van der Waals surface area contributed by atoms with Crippen LogP contribution in [0.15, 0.2) is 33.7 Å². The summed E-state index contributed by atoms with van der Waals surface area (Å²) in [4.78, 5) is 19.1. The predicted octanol–water partition coefficient (Wildman–Crippen LogP) is 5.03. The van der Waals surface area contributed by atoms with Gasteiger partial charge in [-0.15, -0.1) is 11.3 Å². The molecule has 186 valence electrons. The van der Waals surface area contributed by atoms with Crippen molar-refractivity contribution in [1.29, 1.82) is 0 Å². The molecule has 1 N–H and O–H groups in total. The minimum atomic E-state index is -3.76. The van der Waals surface area contributed by atoms with Crippen LogP contribution >= 0.6 is 11.3 Å². The highest BCUT2D eigenvalue weighted by Crippen LogP contribution is 2.38. The number of hydrogen-bond donors (Lipinski definition) is 1. The van der Waals surface area contributed by atoms with Crippen molar-refractivity contribution in [3.8, 4) is 10.7 Å². The Hall–Kier alpha value is -2.56. The van der Waals surface area contributed by atoms with E-state index in [1.807, 2.05) is 32.0 Å². The van der Waals surface area contributed by atoms with Crippen LogP contribution in [0.3, 0.4) is 0 Å². The molecule has 2 fully saturated rings. The van der Waals surface area contributed by atoms with E-state index in [2.05, 4.69) is 15.5 Å². The summed E-state index contributed by atoms with van der Waals surface area (Å²) in [7, 11) is -3.76. The minimum absolute atomic E-state index is 0.145. The van der Waals surface area contributed by atoms with E-state index in [4.69, 9.17) is 4.52 Å². The number of rotatable bonds is 6. The lowest BCUT2D eigenvalue weighted by molar-refractivity contribution is -0.120. The Labute approximate surface area is 209 Å². The Balaban J connectivity index is 1.32. The summed E-state index contributed by atoms with van der Waals surface area (Å²) in [6.07, 6.45) is 4.57. The monoisotopic (exact) mass is 514 g/mol. The minimum Gasteiger partial charge on any atom is -0.339 e. The number of aryl methyl sites for hydroxylation is 3. The first kappa shape index (κ1) is 24.1. The molecule has 3 heterocycles. The van der Waals surface area contributed by atoms with Crippen molar-refractivity contribution < 1.29 is 17.7 Å². The average molecular weight is 515 g/mol. The van der Waals surface area contributed by atoms with Gasteiger partial charge in [-0.1, -0.05) is 17.6 Å². The quantitative estimate of drug-likeness (QED) is 0.495. The maximum Gasteiger partial charge on any atom is 0.244 e. The first-order chi connectivity index (χ1) is 16.7. The fraction of sp³-hybridized carbons (Fsp3) is 0.480. The van der Waals surface area contributed by atoms with Gasteiger partial charge in [0.15, 0.2) is 0 Å². The second kappa shape index (κ2) is 9.48. The van der Waals surface area contributed by atoms with Crippen molar-refractivity contribution in [2.75, 3.05) is 18.4 Å². The van der Waals surface area contributed by atoms with Crippen molar-refractivity contribution in [2.24, 2.45) is 5.92 Å². The van der Waals surface area contributed by atoms with E-state index in [0.29, 0.717) is 46.8 Å². The number of benzene rings is 1. The van der Waals surface area contributed by atoms with Crippen LogP contribution in [0.2, 0.25) is 0 Å². The first-order valence-corrected chi connectivity index (χ1v) is 14.3. The van der Waals surface area contributed by atoms with Crippen molar-refractivity contribution in [1.82, 2.24) is 14.4 Å². The van der Waals surface area contributed by atoms with E-state index in [1.165, 1.54) is 22.1 Å². The van der Waals surface area contributed by atoms with Gasteiger partial charge in [-0.25, -0.2) is 8.42 Å². The topological polar surface area (TPSA) is 105 Å². The van der Waals surface area contributed by atoms with Crippen molar-refractivity contribution in [3.63, 3.8) is 0 Å². The average Bonchev–Trinajstić information content (AvgIpc) is 3.39. The molecule has 10 heteroatoms. The summed E-state index contributed by atoms with van der Waals surface area (Å²) >= 11 is 1.35. The number of anilines is 1. The molecule has 1 aromatic carbocycles. The van der Waals surface area contributed by atoms with E-state index >= 15 is 0 Å². The van der Waals surface area contributed by atoms with Crippen LogP contribution < -0.4 is 5.32 Å². The summed E-state index contributed by atoms with van der Waals surface area (Å²) in [5.41, 5.74) is 2.88. The van der Waals surface area contributed by atoms with E-state index in [1.54, 1.807) is 13.0 Å². The molecule has 0 radical (unpaired) electrons. The molecule has 2 aromatic heterocycles. The lowest BCUT2D eigenvalue weighted by Crippen LogP contribution is -2.43. The summed E-state index contributed by atoms with van der Waals surface area (Å²) < 4.78 is 34.0. The van der Waals surface area contributed by atoms with Gasteiger partial charge < -0.3 is 9.84 Å². The second-order valence-electron chi connectivity index (χ2n) is 9.68. The van der Waals surface area contributed by atoms with Gasteiger partial charge in [0.25, 0.3) is 0 Å². The highest BCUT2D eigenvalue weighted by Gasteiger charge is 2.35. The zero-order chi connectivity index (χ0) is 24.7. The number of piperidine rings is 1. The lowest BCUT2D eigenvalue weighted by Gasteiger charge is -2.31. The number of thiophene rings is 1. The Morgan fingerprint density at radius 2 is 1.83 bits per heavy atom. The molecular formula is C25H30N4O4S2. The predicted molar refractivity (Wildman–Crippen MR) is 135 cm³/mol. The van der Waals surface area contributed by atoms with Gasteiger partial charge >= 0.3 is 0 Å². The van der Waals surface area contributed by atoms with E-state index in [9.17, 15) is 13.2 Å². The Bertz CT molecular complexity index is 1340. The molecule has 3 aromatic rings. The molecule has 0 unspecified atom stereocenters. The Morgan fingerprint density at radius 3 is 2.51 bits per heavy atom. The van der Waals surface area contributed by atoms with Gasteiger partial charge in [-0.2, -0.15) is 9.29 Å². The number of sulfonamides is 1. The summed E-state index contributed by atoms with van der Waals surface area (Å²) in [5, 5.41) is 7.07. The molecule has 0 bridgehead atoms. The van der Waals surface area contributed by atoms with Gasteiger partial charge in [0.05, 0.1) is 15.7 Å². The van der Waals surface area contributed by atoms with Crippen LogP contribution in [0.4, 0.5) is 5.69 Å². The van der Waals surface area contributed by atoms with Crippen molar-refractivity contribution in [3.05, 3.63) is 46.2 Å². The van der Waals surface area contributed by atoms with Crippen molar-refractivity contribution >= 4 is 33.0 Å². The molecule has 1 atom stereocenters. The SMILES string of the molecule is Cc1cc(C)cc(NC(=O)[C@H]2CCCN(S(=O)(=O)c3cc(-c4noc(C5CCC5)n4)sc3C)C2)c1. The molecule has 1 saturated heterocycles. The van der Waals surface area contributed by atoms with Crippen LogP contribution in [-0.2, 0) is 14.8 Å². The van der Waals surface area contributed by atoms with Gasteiger partial charge in [0.1, 0.15) is 0 Å². The Morgan fingerprint density at radius 1 is 1.09 bits per heavy atom. The molecule has 1 amide bonds. The van der Waals surface area contributed by atoms with E-state index < -0.39 is 15.9 Å². The highest BCUT2D eigenvalue weighted by atomic mass is 32.2. The number of amides is 1. The fourth-order valence-corrected chi connectivity index (χ4v) is 7.80. The second-order valence-corrected chi connectivity index (χ2v) is 12.8. The smallest absolute Gasteiger partial charge is 0.244 e. The van der Waals surface area contributed by atoms with E-state index in [-0.39, 0.29) is 17.3 Å². The standard InChI is InChI=1S/C25H30N4O4S2/c1-15-10-16(2)12-20(11-15)26-24(30)19-8-5-9-29(14-19)35(31,32)22-13-21(34-17(22)3)23-27-25(33-28-23)18-6-4-7-18/h10-13,18-19H,4-9,14H2,1-3H3,(H,26,30)/t19-/m0/s1. The Kier molecular flexibility index (Phi) is 6.54. The van der Waals surface area contributed by atoms with Gasteiger partial charge in [0, 0.05) is 29.6 Å². The molecule has 8 nitrogen and oxygen atoms in total. The number of hydrogen-bond acceptors (Lipinski definition) is 7. The molecular weight excluding hydrogens is 484 g/mol. The summed E-state index contributed by atoms with van der Waals surface area (Å²) in [6.45, 7) is 6.32. The van der Waals surface area contributed by atoms with Crippen molar-refractivity contribution in [2.45, 2.75) is 63.7 Å². The number of aromatic nitrogens is 2. The summed E-state index contributed by atoms with van der Waals surface area (Å²) in [5.74, 6) is 0.842. The molecule has 0 spiro atoms. The normalized spacial score (nSPS) is 19.5. The van der Waals surface area contributed by atoms with Gasteiger partial charge in [0.2, 0.25) is 27.6 Å². The number of nitrogens with zero attached hydrogens (tertiary/aromatic N) is 3. The first-order valence-electron chi connectivity index (χ1n) is 12.0. The third-order valence-corrected chi connectivity index (χ3v) is 10.0. The summed E-state index contributed by atoms with van der Waals surface area (Å²) in [6, 6.07) is 7.54. The van der Waals surface area contributed by atoms with Crippen LogP contribution in [0, 0.1) is 26.7 Å². The number of carbonyl (C=O) groups is 1. The van der Waals surface area contributed by atoms with Gasteiger partial charge in [-0.05, 0) is 75.8 Å². The van der Waals surface area contributed by atoms with Gasteiger partial charge in [-0.3, -0.25) is 4.79 Å². The molecule has 1 aliphatic heterocycles. The molecule has 1 aliphatic carbocycles. The third kappa shape index (κ3) is 4.92. The maximum atomic E-state index is 13.6. The van der Waals surface area contributed by atoms with Crippen LogP contribution in [0.1, 0.15) is 59.9 Å². The molecule has 5 rings (SSSR count). The zero-order valence-corrected chi connectivity index (χ0v) is 21.8. The highest BCUT2D eigenvalue weighted by molar-refractivity contribution is 7.89. The third-order valence-electron chi connectivity index (χ3n) is 6.85. The van der Waals surface area contributed by atoms with Crippen LogP contribution in [-0.4, -0.2) is 41.9 Å². The number of nitrogens with one attached hydrogen (secondary N) is 1. The largest absolute Gasteiger partial charge is 0.339 e. The fourth-order valence-electron chi connectivity index (χ4n) is 4.79. The van der Waals surface area contributed by atoms with E-state index in [0.717, 1.165) is 29.7 Å². The molecule has 1 saturated carbocycles. The van der Waals surface area contributed by atoms with Crippen LogP contribution in [0.25, 0.3) is 10.7 Å². The maximum absolute atomic E-state index is 13.6. The lowest BCUT2D eigenvalue weighted by atomic mass is 9.85. The van der Waals surface area contributed by atoms with Crippen LogP contribution in [0.5, 0.6) is 0 Å².